The van der Waals surface area contributed by atoms with Gasteiger partial charge in [-0.1, -0.05) is 30.7 Å². The highest BCUT2D eigenvalue weighted by Gasteiger charge is 2.35. The number of aryl methyl sites for hydroxylation is 1. The minimum atomic E-state index is -4.57. The molecule has 0 radical (unpaired) electrons. The van der Waals surface area contributed by atoms with E-state index in [9.17, 15) is 13.2 Å². The summed E-state index contributed by atoms with van der Waals surface area (Å²) in [5.41, 5.74) is 1.87. The summed E-state index contributed by atoms with van der Waals surface area (Å²) in [6.07, 6.45) is -3.77. The predicted octanol–water partition coefficient (Wildman–Crippen LogP) is 4.29. The average Bonchev–Trinajstić information content (AvgIpc) is 2.44. The highest BCUT2D eigenvalue weighted by atomic mass is 19.4. The number of nitrogens with one attached hydrogen (secondary N) is 1. The molecule has 0 saturated carbocycles. The van der Waals surface area contributed by atoms with Crippen molar-refractivity contribution in [1.82, 2.24) is 9.97 Å². The number of anilines is 1. The maximum absolute atomic E-state index is 12.9. The summed E-state index contributed by atoms with van der Waals surface area (Å²) in [4.78, 5) is 7.19. The van der Waals surface area contributed by atoms with Gasteiger partial charge in [0.25, 0.3) is 0 Å². The Hall–Kier alpha value is -2.11. The molecule has 1 aromatic carbocycles. The average molecular weight is 295 g/mol. The summed E-state index contributed by atoms with van der Waals surface area (Å²) in [5.74, 6) is -0.934. The standard InChI is InChI=1S/C15H16F3N3/c1-3-7-19-13-9-12(11-6-4-5-10(2)8-11)20-14(21-13)15(16,17)18/h4-6,8-9H,3,7H2,1-2H3,(H,19,20,21). The van der Waals surface area contributed by atoms with Crippen LogP contribution < -0.4 is 5.32 Å². The van der Waals surface area contributed by atoms with Gasteiger partial charge in [-0.2, -0.15) is 13.2 Å². The lowest BCUT2D eigenvalue weighted by atomic mass is 10.1. The Morgan fingerprint density at radius 1 is 1.14 bits per heavy atom. The van der Waals surface area contributed by atoms with Gasteiger partial charge in [0.15, 0.2) is 0 Å². The first kappa shape index (κ1) is 15.3. The third-order valence-corrected chi connectivity index (χ3v) is 2.85. The molecule has 0 fully saturated rings. The Balaban J connectivity index is 2.49. The number of rotatable bonds is 4. The van der Waals surface area contributed by atoms with E-state index >= 15 is 0 Å². The van der Waals surface area contributed by atoms with Crippen molar-refractivity contribution >= 4 is 5.82 Å². The van der Waals surface area contributed by atoms with Crippen molar-refractivity contribution in [1.29, 1.82) is 0 Å². The van der Waals surface area contributed by atoms with Gasteiger partial charge in [0.05, 0.1) is 5.69 Å². The molecule has 1 N–H and O–H groups in total. The van der Waals surface area contributed by atoms with Gasteiger partial charge in [-0.15, -0.1) is 0 Å². The predicted molar refractivity (Wildman–Crippen MR) is 76.0 cm³/mol. The van der Waals surface area contributed by atoms with Crippen molar-refractivity contribution in [3.05, 3.63) is 41.7 Å². The van der Waals surface area contributed by atoms with Crippen LogP contribution >= 0.6 is 0 Å². The van der Waals surface area contributed by atoms with Gasteiger partial charge in [-0.3, -0.25) is 0 Å². The van der Waals surface area contributed by atoms with E-state index in [4.69, 9.17) is 0 Å². The van der Waals surface area contributed by atoms with E-state index < -0.39 is 12.0 Å². The molecule has 6 heteroatoms. The third kappa shape index (κ3) is 3.93. The topological polar surface area (TPSA) is 37.8 Å². The van der Waals surface area contributed by atoms with Gasteiger partial charge in [-0.25, -0.2) is 9.97 Å². The zero-order valence-electron chi connectivity index (χ0n) is 11.8. The lowest BCUT2D eigenvalue weighted by Gasteiger charge is -2.11. The van der Waals surface area contributed by atoms with Crippen LogP contribution in [0.1, 0.15) is 24.7 Å². The van der Waals surface area contributed by atoms with Crippen LogP contribution in [-0.2, 0) is 6.18 Å². The number of hydrogen-bond acceptors (Lipinski definition) is 3. The lowest BCUT2D eigenvalue weighted by molar-refractivity contribution is -0.144. The first-order chi connectivity index (χ1) is 9.90. The van der Waals surface area contributed by atoms with Gasteiger partial charge >= 0.3 is 6.18 Å². The molecule has 0 aliphatic rings. The third-order valence-electron chi connectivity index (χ3n) is 2.85. The van der Waals surface area contributed by atoms with Crippen LogP contribution in [0.15, 0.2) is 30.3 Å². The summed E-state index contributed by atoms with van der Waals surface area (Å²) in [6, 6.07) is 8.75. The van der Waals surface area contributed by atoms with Crippen LogP contribution in [0.2, 0.25) is 0 Å². The molecule has 0 saturated heterocycles. The molecule has 0 aliphatic carbocycles. The lowest BCUT2D eigenvalue weighted by Crippen LogP contribution is -2.14. The Bertz CT molecular complexity index is 624. The second kappa shape index (κ2) is 6.11. The summed E-state index contributed by atoms with van der Waals surface area (Å²) in [7, 11) is 0. The molecule has 21 heavy (non-hydrogen) atoms. The molecule has 112 valence electrons. The van der Waals surface area contributed by atoms with E-state index in [1.807, 2.05) is 19.9 Å². The monoisotopic (exact) mass is 295 g/mol. The fraction of sp³-hybridized carbons (Fsp3) is 0.333. The first-order valence-corrected chi connectivity index (χ1v) is 6.67. The van der Waals surface area contributed by atoms with E-state index in [-0.39, 0.29) is 11.5 Å². The fourth-order valence-corrected chi connectivity index (χ4v) is 1.87. The second-order valence-corrected chi connectivity index (χ2v) is 4.76. The van der Waals surface area contributed by atoms with E-state index in [2.05, 4.69) is 15.3 Å². The molecule has 0 spiro atoms. The summed E-state index contributed by atoms with van der Waals surface area (Å²) in [5, 5.41) is 2.88. The highest BCUT2D eigenvalue weighted by Crippen LogP contribution is 2.30. The summed E-state index contributed by atoms with van der Waals surface area (Å²) in [6.45, 7) is 4.37. The van der Waals surface area contributed by atoms with Crippen LogP contribution in [0.5, 0.6) is 0 Å². The highest BCUT2D eigenvalue weighted by molar-refractivity contribution is 5.63. The molecule has 1 aromatic heterocycles. The largest absolute Gasteiger partial charge is 0.451 e. The number of hydrogen-bond donors (Lipinski definition) is 1. The van der Waals surface area contributed by atoms with Gasteiger partial charge in [-0.05, 0) is 19.4 Å². The molecular weight excluding hydrogens is 279 g/mol. The van der Waals surface area contributed by atoms with Crippen molar-refractivity contribution in [3.63, 3.8) is 0 Å². The molecule has 0 aliphatic heterocycles. The fourth-order valence-electron chi connectivity index (χ4n) is 1.87. The summed E-state index contributed by atoms with van der Waals surface area (Å²) >= 11 is 0. The van der Waals surface area contributed by atoms with Crippen LogP contribution in [0.4, 0.5) is 19.0 Å². The van der Waals surface area contributed by atoms with Crippen molar-refractivity contribution in [2.24, 2.45) is 0 Å². The summed E-state index contributed by atoms with van der Waals surface area (Å²) < 4.78 is 38.7. The van der Waals surface area contributed by atoms with Crippen molar-refractivity contribution in [2.45, 2.75) is 26.4 Å². The number of benzene rings is 1. The maximum Gasteiger partial charge on any atom is 0.451 e. The van der Waals surface area contributed by atoms with Gasteiger partial charge in [0, 0.05) is 18.2 Å². The minimum Gasteiger partial charge on any atom is -0.370 e. The van der Waals surface area contributed by atoms with Crippen molar-refractivity contribution in [3.8, 4) is 11.3 Å². The molecule has 0 bridgehead atoms. The van der Waals surface area contributed by atoms with E-state index in [1.54, 1.807) is 24.3 Å². The molecule has 1 heterocycles. The van der Waals surface area contributed by atoms with E-state index in [0.717, 1.165) is 12.0 Å². The van der Waals surface area contributed by atoms with Crippen LogP contribution in [-0.4, -0.2) is 16.5 Å². The van der Waals surface area contributed by atoms with Crippen LogP contribution in [0.25, 0.3) is 11.3 Å². The maximum atomic E-state index is 12.9. The van der Waals surface area contributed by atoms with Crippen molar-refractivity contribution < 1.29 is 13.2 Å². The zero-order valence-corrected chi connectivity index (χ0v) is 11.8. The van der Waals surface area contributed by atoms with E-state index in [0.29, 0.717) is 12.1 Å². The molecule has 0 unspecified atom stereocenters. The molecule has 2 aromatic rings. The quantitative estimate of drug-likeness (QED) is 0.914. The van der Waals surface area contributed by atoms with Gasteiger partial charge in [0.2, 0.25) is 5.82 Å². The van der Waals surface area contributed by atoms with Crippen molar-refractivity contribution in [2.75, 3.05) is 11.9 Å². The normalized spacial score (nSPS) is 11.5. The molecule has 2 rings (SSSR count). The minimum absolute atomic E-state index is 0.190. The SMILES string of the molecule is CCCNc1cc(-c2cccc(C)c2)nc(C(F)(F)F)n1. The molecular formula is C15H16F3N3. The molecule has 0 amide bonds. The smallest absolute Gasteiger partial charge is 0.370 e. The second-order valence-electron chi connectivity index (χ2n) is 4.76. The zero-order chi connectivity index (χ0) is 15.5. The number of nitrogens with zero attached hydrogens (tertiary/aromatic N) is 2. The van der Waals surface area contributed by atoms with Crippen LogP contribution in [0.3, 0.4) is 0 Å². The molecule has 3 nitrogen and oxygen atoms in total. The Kier molecular flexibility index (Phi) is 4.45. The van der Waals surface area contributed by atoms with E-state index in [1.165, 1.54) is 0 Å². The number of aromatic nitrogens is 2. The number of halogens is 3. The van der Waals surface area contributed by atoms with Gasteiger partial charge < -0.3 is 5.32 Å². The Morgan fingerprint density at radius 2 is 1.90 bits per heavy atom. The number of alkyl halides is 3. The Labute approximate surface area is 121 Å². The first-order valence-electron chi connectivity index (χ1n) is 6.67. The molecule has 0 atom stereocenters. The Morgan fingerprint density at radius 3 is 2.52 bits per heavy atom. The van der Waals surface area contributed by atoms with Gasteiger partial charge in [0.1, 0.15) is 5.82 Å². The van der Waals surface area contributed by atoms with Crippen LogP contribution in [0, 0.1) is 6.92 Å².